The maximum Gasteiger partial charge on any atom is 0.294 e. The van der Waals surface area contributed by atoms with E-state index in [1.165, 1.54) is 18.2 Å². The normalized spacial score (nSPS) is 11.6. The van der Waals surface area contributed by atoms with Crippen LogP contribution in [0.2, 0.25) is 0 Å². The molecule has 0 unspecified atom stereocenters. The first-order valence-electron chi connectivity index (χ1n) is 4.69. The van der Waals surface area contributed by atoms with E-state index in [1.54, 1.807) is 18.2 Å². The molecule has 0 heterocycles. The quantitative estimate of drug-likeness (QED) is 0.783. The Morgan fingerprint density at radius 3 is 2.47 bits per heavy atom. The Morgan fingerprint density at radius 2 is 1.88 bits per heavy atom. The monoisotopic (exact) mass is 251 g/mol. The van der Waals surface area contributed by atoms with Crippen molar-refractivity contribution in [3.63, 3.8) is 0 Å². The molecular formula is C11H9NO4S. The first-order valence-corrected chi connectivity index (χ1v) is 6.13. The molecule has 0 aliphatic carbocycles. The maximum atomic E-state index is 11.2. The van der Waals surface area contributed by atoms with Crippen LogP contribution in [0.15, 0.2) is 41.3 Å². The topological polar surface area (TPSA) is 97.5 Å². The number of fused-ring (bicyclic) bond motifs is 1. The minimum absolute atomic E-state index is 0.216. The lowest BCUT2D eigenvalue weighted by atomic mass is 10.0. The highest BCUT2D eigenvalue weighted by Crippen LogP contribution is 2.22. The second kappa shape index (κ2) is 3.83. The molecule has 0 atom stereocenters. The van der Waals surface area contributed by atoms with Gasteiger partial charge in [-0.3, -0.25) is 9.35 Å². The predicted molar refractivity (Wildman–Crippen MR) is 62.3 cm³/mol. The van der Waals surface area contributed by atoms with Gasteiger partial charge < -0.3 is 5.73 Å². The first kappa shape index (κ1) is 11.6. The molecule has 0 aliphatic heterocycles. The summed E-state index contributed by atoms with van der Waals surface area (Å²) in [5.41, 5.74) is 5.51. The summed E-state index contributed by atoms with van der Waals surface area (Å²) >= 11 is 0. The Balaban J connectivity index is 2.78. The van der Waals surface area contributed by atoms with Crippen molar-refractivity contribution in [2.45, 2.75) is 4.90 Å². The third-order valence-electron chi connectivity index (χ3n) is 2.42. The van der Waals surface area contributed by atoms with Crippen LogP contribution in [0.1, 0.15) is 10.4 Å². The number of benzene rings is 2. The standard InChI is InChI=1S/C11H9NO4S/c12-11(13)10-3-1-2-7-6-8(17(14,15)16)4-5-9(7)10/h1-6H,(H2,12,13)(H,14,15,16). The first-order chi connectivity index (χ1) is 7.89. The molecule has 3 N–H and O–H groups in total. The number of nitrogens with two attached hydrogens (primary N) is 1. The Bertz CT molecular complexity index is 706. The number of primary amides is 1. The fourth-order valence-corrected chi connectivity index (χ4v) is 2.15. The van der Waals surface area contributed by atoms with Gasteiger partial charge in [-0.25, -0.2) is 0 Å². The summed E-state index contributed by atoms with van der Waals surface area (Å²) in [4.78, 5) is 10.9. The molecule has 0 fully saturated rings. The largest absolute Gasteiger partial charge is 0.366 e. The van der Waals surface area contributed by atoms with Gasteiger partial charge in [-0.15, -0.1) is 0 Å². The molecular weight excluding hydrogens is 242 g/mol. The van der Waals surface area contributed by atoms with E-state index in [1.807, 2.05) is 0 Å². The van der Waals surface area contributed by atoms with Crippen molar-refractivity contribution in [1.29, 1.82) is 0 Å². The van der Waals surface area contributed by atoms with Gasteiger partial charge in [0.1, 0.15) is 0 Å². The average Bonchev–Trinajstić information content (AvgIpc) is 2.26. The van der Waals surface area contributed by atoms with Crippen LogP contribution >= 0.6 is 0 Å². The van der Waals surface area contributed by atoms with Gasteiger partial charge in [0, 0.05) is 5.56 Å². The van der Waals surface area contributed by atoms with Crippen molar-refractivity contribution >= 4 is 26.8 Å². The van der Waals surface area contributed by atoms with Crippen molar-refractivity contribution in [2.75, 3.05) is 0 Å². The highest BCUT2D eigenvalue weighted by molar-refractivity contribution is 7.85. The van der Waals surface area contributed by atoms with Crippen molar-refractivity contribution in [3.05, 3.63) is 42.0 Å². The Labute approximate surface area is 97.6 Å². The molecule has 0 radical (unpaired) electrons. The zero-order chi connectivity index (χ0) is 12.6. The minimum atomic E-state index is -4.24. The summed E-state index contributed by atoms with van der Waals surface area (Å²) in [6.07, 6.45) is 0. The highest BCUT2D eigenvalue weighted by Gasteiger charge is 2.12. The summed E-state index contributed by atoms with van der Waals surface area (Å²) in [6.45, 7) is 0. The van der Waals surface area contributed by atoms with E-state index in [0.717, 1.165) is 0 Å². The lowest BCUT2D eigenvalue weighted by Crippen LogP contribution is -2.11. The van der Waals surface area contributed by atoms with Crippen molar-refractivity contribution in [3.8, 4) is 0 Å². The molecule has 0 aliphatic rings. The minimum Gasteiger partial charge on any atom is -0.366 e. The summed E-state index contributed by atoms with van der Waals surface area (Å²) in [7, 11) is -4.24. The molecule has 5 nitrogen and oxygen atoms in total. The number of hydrogen-bond donors (Lipinski definition) is 2. The van der Waals surface area contributed by atoms with Crippen LogP contribution in [0.3, 0.4) is 0 Å². The van der Waals surface area contributed by atoms with Gasteiger partial charge in [0.15, 0.2) is 0 Å². The number of rotatable bonds is 2. The van der Waals surface area contributed by atoms with E-state index >= 15 is 0 Å². The summed E-state index contributed by atoms with van der Waals surface area (Å²) in [6, 6.07) is 8.74. The van der Waals surface area contributed by atoms with Crippen molar-refractivity contribution in [1.82, 2.24) is 0 Å². The second-order valence-electron chi connectivity index (χ2n) is 3.53. The molecule has 2 aromatic carbocycles. The molecule has 0 bridgehead atoms. The van der Waals surface area contributed by atoms with E-state index < -0.39 is 16.0 Å². The van der Waals surface area contributed by atoms with Crippen LogP contribution in [0.5, 0.6) is 0 Å². The van der Waals surface area contributed by atoms with E-state index in [4.69, 9.17) is 10.3 Å². The van der Waals surface area contributed by atoms with Gasteiger partial charge in [-0.1, -0.05) is 18.2 Å². The molecule has 0 saturated heterocycles. The van der Waals surface area contributed by atoms with Crippen LogP contribution in [0.25, 0.3) is 10.8 Å². The van der Waals surface area contributed by atoms with Crippen molar-refractivity contribution in [2.24, 2.45) is 5.73 Å². The zero-order valence-corrected chi connectivity index (χ0v) is 9.44. The van der Waals surface area contributed by atoms with Gasteiger partial charge in [-0.2, -0.15) is 8.42 Å². The number of carbonyl (C=O) groups is 1. The smallest absolute Gasteiger partial charge is 0.294 e. The van der Waals surface area contributed by atoms with Crippen LogP contribution in [-0.4, -0.2) is 18.9 Å². The van der Waals surface area contributed by atoms with Crippen LogP contribution in [0, 0.1) is 0 Å². The van der Waals surface area contributed by atoms with Crippen LogP contribution < -0.4 is 5.73 Å². The third kappa shape index (κ3) is 2.13. The lowest BCUT2D eigenvalue weighted by molar-refractivity contribution is 0.100. The molecule has 1 amide bonds. The molecule has 17 heavy (non-hydrogen) atoms. The summed E-state index contributed by atoms with van der Waals surface area (Å²) in [5, 5.41) is 1.07. The molecule has 2 rings (SSSR count). The lowest BCUT2D eigenvalue weighted by Gasteiger charge is -2.04. The second-order valence-corrected chi connectivity index (χ2v) is 4.95. The highest BCUT2D eigenvalue weighted by atomic mass is 32.2. The fourth-order valence-electron chi connectivity index (χ4n) is 1.64. The van der Waals surface area contributed by atoms with E-state index in [0.29, 0.717) is 16.3 Å². The maximum absolute atomic E-state index is 11.2. The number of carbonyl (C=O) groups excluding carboxylic acids is 1. The Hall–Kier alpha value is -1.92. The summed E-state index contributed by atoms with van der Waals surface area (Å²) in [5.74, 6) is -0.588. The number of hydrogen-bond acceptors (Lipinski definition) is 3. The zero-order valence-electron chi connectivity index (χ0n) is 8.62. The SMILES string of the molecule is NC(=O)c1cccc2cc(S(=O)(=O)O)ccc12. The molecule has 88 valence electrons. The van der Waals surface area contributed by atoms with E-state index in [-0.39, 0.29) is 4.90 Å². The molecule has 2 aromatic rings. The Kier molecular flexibility index (Phi) is 2.60. The Morgan fingerprint density at radius 1 is 1.18 bits per heavy atom. The fraction of sp³-hybridized carbons (Fsp3) is 0. The van der Waals surface area contributed by atoms with E-state index in [9.17, 15) is 13.2 Å². The molecule has 0 aromatic heterocycles. The third-order valence-corrected chi connectivity index (χ3v) is 3.26. The molecule has 0 saturated carbocycles. The summed E-state index contributed by atoms with van der Waals surface area (Å²) < 4.78 is 30.8. The van der Waals surface area contributed by atoms with Gasteiger partial charge in [0.25, 0.3) is 10.1 Å². The van der Waals surface area contributed by atoms with Gasteiger partial charge in [0.05, 0.1) is 4.90 Å². The average molecular weight is 251 g/mol. The van der Waals surface area contributed by atoms with Crippen molar-refractivity contribution < 1.29 is 17.8 Å². The molecule has 6 heteroatoms. The van der Waals surface area contributed by atoms with Gasteiger partial charge in [0.2, 0.25) is 5.91 Å². The van der Waals surface area contributed by atoms with E-state index in [2.05, 4.69) is 0 Å². The predicted octanol–water partition coefficient (Wildman–Crippen LogP) is 1.19. The number of amides is 1. The molecule has 0 spiro atoms. The van der Waals surface area contributed by atoms with Crippen LogP contribution in [-0.2, 0) is 10.1 Å². The van der Waals surface area contributed by atoms with Gasteiger partial charge in [-0.05, 0) is 29.0 Å². The van der Waals surface area contributed by atoms with Gasteiger partial charge >= 0.3 is 0 Å². The van der Waals surface area contributed by atoms with Crippen LogP contribution in [0.4, 0.5) is 0 Å².